The molecule has 132 valence electrons. The lowest BCUT2D eigenvalue weighted by Gasteiger charge is -2.26. The van der Waals surface area contributed by atoms with Crippen LogP contribution < -0.4 is 10.1 Å². The van der Waals surface area contributed by atoms with Crippen molar-refractivity contribution >= 4 is 11.8 Å². The van der Waals surface area contributed by atoms with Gasteiger partial charge in [0, 0.05) is 18.7 Å². The average Bonchev–Trinajstić information content (AvgIpc) is 2.47. The van der Waals surface area contributed by atoms with Crippen molar-refractivity contribution in [3.63, 3.8) is 0 Å². The molecule has 6 nitrogen and oxygen atoms in total. The molecule has 1 N–H and O–H groups in total. The monoisotopic (exact) mass is 337 g/mol. The smallest absolute Gasteiger partial charge is 0.412 e. The maximum absolute atomic E-state index is 13.5. The zero-order valence-electron chi connectivity index (χ0n) is 14.6. The lowest BCUT2D eigenvalue weighted by molar-refractivity contribution is 0.0635. The van der Waals surface area contributed by atoms with Crippen LogP contribution in [0.25, 0.3) is 0 Å². The van der Waals surface area contributed by atoms with Crippen molar-refractivity contribution in [3.8, 4) is 5.75 Å². The average molecular weight is 337 g/mol. The molecule has 24 heavy (non-hydrogen) atoms. The fraction of sp³-hybridized carbons (Fsp3) is 0.529. The number of carbonyl (C=O) groups is 1. The number of pyridine rings is 1. The van der Waals surface area contributed by atoms with Crippen molar-refractivity contribution < 1.29 is 18.7 Å². The molecule has 0 aliphatic carbocycles. The number of aromatic nitrogens is 1. The van der Waals surface area contributed by atoms with Gasteiger partial charge in [-0.05, 0) is 27.2 Å². The van der Waals surface area contributed by atoms with Gasteiger partial charge in [0.05, 0.1) is 31.7 Å². The van der Waals surface area contributed by atoms with E-state index in [4.69, 9.17) is 9.47 Å². The SMILES string of the molecule is COc1cncc(NC(=O)OC(C)(C)C)c1CN1CCC=C(F)C1. The first kappa shape index (κ1) is 18.2. The normalized spacial score (nSPS) is 15.6. The molecule has 7 heteroatoms. The number of nitrogens with one attached hydrogen (secondary N) is 1. The Morgan fingerprint density at radius 3 is 2.79 bits per heavy atom. The summed E-state index contributed by atoms with van der Waals surface area (Å²) in [4.78, 5) is 18.1. The second-order valence-electron chi connectivity index (χ2n) is 6.65. The largest absolute Gasteiger partial charge is 0.495 e. The summed E-state index contributed by atoms with van der Waals surface area (Å²) >= 11 is 0. The van der Waals surface area contributed by atoms with Crippen LogP contribution in [0.15, 0.2) is 24.3 Å². The molecule has 0 bridgehead atoms. The second-order valence-corrected chi connectivity index (χ2v) is 6.65. The maximum Gasteiger partial charge on any atom is 0.412 e. The van der Waals surface area contributed by atoms with Crippen LogP contribution in [0.4, 0.5) is 14.9 Å². The van der Waals surface area contributed by atoms with Gasteiger partial charge in [0.1, 0.15) is 17.2 Å². The topological polar surface area (TPSA) is 63.7 Å². The number of hydrogen-bond acceptors (Lipinski definition) is 5. The van der Waals surface area contributed by atoms with Crippen LogP contribution in [0.2, 0.25) is 0 Å². The van der Waals surface area contributed by atoms with Crippen molar-refractivity contribution in [3.05, 3.63) is 29.9 Å². The fourth-order valence-corrected chi connectivity index (χ4v) is 2.45. The summed E-state index contributed by atoms with van der Waals surface area (Å²) in [6.07, 6.45) is 4.81. The van der Waals surface area contributed by atoms with E-state index in [1.807, 2.05) is 4.90 Å². The van der Waals surface area contributed by atoms with Crippen molar-refractivity contribution in [2.75, 3.05) is 25.5 Å². The van der Waals surface area contributed by atoms with Gasteiger partial charge >= 0.3 is 6.09 Å². The number of halogens is 1. The van der Waals surface area contributed by atoms with Gasteiger partial charge in [0.25, 0.3) is 0 Å². The van der Waals surface area contributed by atoms with E-state index < -0.39 is 11.7 Å². The van der Waals surface area contributed by atoms with Gasteiger partial charge in [0.15, 0.2) is 0 Å². The number of nitrogens with zero attached hydrogens (tertiary/aromatic N) is 2. The lowest BCUT2D eigenvalue weighted by atomic mass is 10.1. The van der Waals surface area contributed by atoms with E-state index in [9.17, 15) is 9.18 Å². The van der Waals surface area contributed by atoms with Crippen LogP contribution in [0.3, 0.4) is 0 Å². The molecule has 2 heterocycles. The van der Waals surface area contributed by atoms with Gasteiger partial charge in [0.2, 0.25) is 0 Å². The van der Waals surface area contributed by atoms with Gasteiger partial charge in [-0.15, -0.1) is 0 Å². The molecule has 1 aliphatic heterocycles. The standard InChI is InChI=1S/C17H24FN3O3/c1-17(2,3)24-16(22)20-14-8-19-9-15(23-4)13(14)11-21-7-5-6-12(18)10-21/h6,8-9H,5,7,10-11H2,1-4H3,(H,20,22). The summed E-state index contributed by atoms with van der Waals surface area (Å²) in [5.41, 5.74) is 0.642. The Morgan fingerprint density at radius 1 is 1.42 bits per heavy atom. The molecule has 0 saturated carbocycles. The molecular weight excluding hydrogens is 313 g/mol. The number of hydrogen-bond donors (Lipinski definition) is 1. The molecule has 0 saturated heterocycles. The van der Waals surface area contributed by atoms with Crippen LogP contribution in [-0.2, 0) is 11.3 Å². The number of anilines is 1. The molecule has 0 spiro atoms. The summed E-state index contributed by atoms with van der Waals surface area (Å²) in [6.45, 7) is 6.81. The minimum Gasteiger partial charge on any atom is -0.495 e. The molecule has 0 atom stereocenters. The summed E-state index contributed by atoms with van der Waals surface area (Å²) < 4.78 is 24.1. The molecular formula is C17H24FN3O3. The molecule has 1 aromatic rings. The first-order valence-corrected chi connectivity index (χ1v) is 7.86. The predicted octanol–water partition coefficient (Wildman–Crippen LogP) is 3.50. The molecule has 2 rings (SSSR count). The van der Waals surface area contributed by atoms with E-state index >= 15 is 0 Å². The number of methoxy groups -OCH3 is 1. The highest BCUT2D eigenvalue weighted by Gasteiger charge is 2.21. The van der Waals surface area contributed by atoms with Crippen molar-refractivity contribution in [1.82, 2.24) is 9.88 Å². The molecule has 1 aliphatic rings. The van der Waals surface area contributed by atoms with Crippen molar-refractivity contribution in [2.45, 2.75) is 39.3 Å². The Balaban J connectivity index is 2.19. The quantitative estimate of drug-likeness (QED) is 0.911. The highest BCUT2D eigenvalue weighted by atomic mass is 19.1. The molecule has 0 unspecified atom stereocenters. The highest BCUT2D eigenvalue weighted by molar-refractivity contribution is 5.86. The lowest BCUT2D eigenvalue weighted by Crippen LogP contribution is -2.30. The maximum atomic E-state index is 13.5. The van der Waals surface area contributed by atoms with Crippen molar-refractivity contribution in [1.29, 1.82) is 0 Å². The van der Waals surface area contributed by atoms with Gasteiger partial charge in [-0.1, -0.05) is 6.08 Å². The zero-order valence-corrected chi connectivity index (χ0v) is 14.6. The second kappa shape index (κ2) is 7.61. The van der Waals surface area contributed by atoms with Crippen LogP contribution in [0.1, 0.15) is 32.8 Å². The molecule has 1 aromatic heterocycles. The number of rotatable bonds is 4. The van der Waals surface area contributed by atoms with Crippen LogP contribution in [0, 0.1) is 0 Å². The molecule has 1 amide bonds. The Morgan fingerprint density at radius 2 is 2.17 bits per heavy atom. The summed E-state index contributed by atoms with van der Waals surface area (Å²) in [6, 6.07) is 0. The van der Waals surface area contributed by atoms with Gasteiger partial charge in [-0.2, -0.15) is 0 Å². The molecule has 0 aromatic carbocycles. The van der Waals surface area contributed by atoms with E-state index in [1.165, 1.54) is 13.3 Å². The highest BCUT2D eigenvalue weighted by Crippen LogP contribution is 2.28. The van der Waals surface area contributed by atoms with Crippen molar-refractivity contribution in [2.24, 2.45) is 0 Å². The Labute approximate surface area is 141 Å². The first-order chi connectivity index (χ1) is 11.3. The third-order valence-electron chi connectivity index (χ3n) is 3.44. The number of amides is 1. The van der Waals surface area contributed by atoms with E-state index in [1.54, 1.807) is 33.0 Å². The van der Waals surface area contributed by atoms with Crippen LogP contribution >= 0.6 is 0 Å². The number of ether oxygens (including phenoxy) is 2. The van der Waals surface area contributed by atoms with Gasteiger partial charge in [-0.3, -0.25) is 15.2 Å². The predicted molar refractivity (Wildman–Crippen MR) is 89.7 cm³/mol. The summed E-state index contributed by atoms with van der Waals surface area (Å²) in [5, 5.41) is 2.70. The minimum atomic E-state index is -0.600. The Hall–Kier alpha value is -2.15. The van der Waals surface area contributed by atoms with E-state index in [-0.39, 0.29) is 12.4 Å². The number of carbonyl (C=O) groups excluding carboxylic acids is 1. The third kappa shape index (κ3) is 5.19. The first-order valence-electron chi connectivity index (χ1n) is 7.86. The van der Waals surface area contributed by atoms with E-state index in [0.29, 0.717) is 24.4 Å². The summed E-state index contributed by atoms with van der Waals surface area (Å²) in [7, 11) is 1.54. The minimum absolute atomic E-state index is 0.143. The van der Waals surface area contributed by atoms with Gasteiger partial charge in [-0.25, -0.2) is 9.18 Å². The van der Waals surface area contributed by atoms with E-state index in [0.717, 1.165) is 12.1 Å². The fourth-order valence-electron chi connectivity index (χ4n) is 2.45. The Kier molecular flexibility index (Phi) is 5.77. The van der Waals surface area contributed by atoms with Gasteiger partial charge < -0.3 is 9.47 Å². The molecule has 0 radical (unpaired) electrons. The zero-order chi connectivity index (χ0) is 17.7. The van der Waals surface area contributed by atoms with Crippen LogP contribution in [-0.4, -0.2) is 41.8 Å². The molecule has 0 fully saturated rings. The third-order valence-corrected chi connectivity index (χ3v) is 3.44. The Bertz CT molecular complexity index is 626. The van der Waals surface area contributed by atoms with Crippen LogP contribution in [0.5, 0.6) is 5.75 Å². The van der Waals surface area contributed by atoms with E-state index in [2.05, 4.69) is 10.3 Å². The summed E-state index contributed by atoms with van der Waals surface area (Å²) in [5.74, 6) is 0.398.